The number of benzene rings is 1. The van der Waals surface area contributed by atoms with Crippen molar-refractivity contribution < 1.29 is 4.74 Å². The first-order valence-corrected chi connectivity index (χ1v) is 7.97. The molecule has 20 heavy (non-hydrogen) atoms. The molecule has 2 atom stereocenters. The summed E-state index contributed by atoms with van der Waals surface area (Å²) in [6, 6.07) is 11.2. The fourth-order valence-corrected chi connectivity index (χ4v) is 3.39. The van der Waals surface area contributed by atoms with Crippen molar-refractivity contribution in [3.63, 3.8) is 0 Å². The van der Waals surface area contributed by atoms with Gasteiger partial charge in [-0.05, 0) is 42.0 Å². The van der Waals surface area contributed by atoms with Crippen LogP contribution in [-0.4, -0.2) is 14.2 Å². The Hall–Kier alpha value is -1.32. The summed E-state index contributed by atoms with van der Waals surface area (Å²) in [4.78, 5) is 1.23. The molecule has 0 aliphatic heterocycles. The first-order valence-electron chi connectivity index (χ1n) is 7.09. The van der Waals surface area contributed by atoms with Crippen LogP contribution in [0.15, 0.2) is 35.7 Å². The van der Waals surface area contributed by atoms with Gasteiger partial charge in [-0.25, -0.2) is 0 Å². The van der Waals surface area contributed by atoms with Crippen LogP contribution in [0.25, 0.3) is 0 Å². The quantitative estimate of drug-likeness (QED) is 0.840. The molecular weight excluding hydrogens is 266 g/mol. The van der Waals surface area contributed by atoms with Crippen LogP contribution in [0, 0.1) is 0 Å². The van der Waals surface area contributed by atoms with E-state index in [2.05, 4.69) is 48.8 Å². The average molecular weight is 289 g/mol. The SMILES string of the molecule is CCC(C)c1ccc(C(NC)c2sccc2OC)cc1. The molecule has 3 heteroatoms. The van der Waals surface area contributed by atoms with E-state index in [0.29, 0.717) is 5.92 Å². The fraction of sp³-hybridized carbons (Fsp3) is 0.412. The Morgan fingerprint density at radius 2 is 1.80 bits per heavy atom. The van der Waals surface area contributed by atoms with Crippen molar-refractivity contribution in [3.8, 4) is 5.75 Å². The van der Waals surface area contributed by atoms with Gasteiger partial charge in [0.05, 0.1) is 18.0 Å². The van der Waals surface area contributed by atoms with Crippen molar-refractivity contribution in [2.45, 2.75) is 32.2 Å². The van der Waals surface area contributed by atoms with Gasteiger partial charge in [0.1, 0.15) is 5.75 Å². The average Bonchev–Trinajstić information content (AvgIpc) is 2.96. The molecule has 0 saturated carbocycles. The Bertz CT molecular complexity index is 532. The second-order valence-electron chi connectivity index (χ2n) is 5.05. The zero-order chi connectivity index (χ0) is 14.5. The second-order valence-corrected chi connectivity index (χ2v) is 6.00. The van der Waals surface area contributed by atoms with Crippen LogP contribution in [-0.2, 0) is 0 Å². The molecule has 1 heterocycles. The predicted molar refractivity (Wildman–Crippen MR) is 86.9 cm³/mol. The second kappa shape index (κ2) is 6.91. The summed E-state index contributed by atoms with van der Waals surface area (Å²) in [7, 11) is 3.72. The number of ether oxygens (including phenoxy) is 1. The van der Waals surface area contributed by atoms with Gasteiger partial charge in [-0.1, -0.05) is 38.1 Å². The molecule has 0 fully saturated rings. The maximum Gasteiger partial charge on any atom is 0.134 e. The summed E-state index contributed by atoms with van der Waals surface area (Å²) in [6.07, 6.45) is 1.17. The third kappa shape index (κ3) is 3.05. The molecule has 1 aromatic carbocycles. The van der Waals surface area contributed by atoms with E-state index < -0.39 is 0 Å². The van der Waals surface area contributed by atoms with E-state index in [1.807, 2.05) is 13.1 Å². The smallest absolute Gasteiger partial charge is 0.134 e. The topological polar surface area (TPSA) is 21.3 Å². The van der Waals surface area contributed by atoms with Crippen molar-refractivity contribution in [1.82, 2.24) is 5.32 Å². The van der Waals surface area contributed by atoms with Crippen molar-refractivity contribution in [2.24, 2.45) is 0 Å². The first kappa shape index (κ1) is 15.1. The highest BCUT2D eigenvalue weighted by atomic mass is 32.1. The molecule has 2 rings (SSSR count). The van der Waals surface area contributed by atoms with E-state index in [-0.39, 0.29) is 6.04 Å². The minimum atomic E-state index is 0.191. The number of nitrogens with one attached hydrogen (secondary N) is 1. The van der Waals surface area contributed by atoms with Gasteiger partial charge in [0, 0.05) is 0 Å². The van der Waals surface area contributed by atoms with Gasteiger partial charge >= 0.3 is 0 Å². The minimum absolute atomic E-state index is 0.191. The van der Waals surface area contributed by atoms with Crippen molar-refractivity contribution >= 4 is 11.3 Å². The van der Waals surface area contributed by atoms with Gasteiger partial charge in [-0.2, -0.15) is 0 Å². The molecule has 2 aromatic rings. The molecule has 1 N–H and O–H groups in total. The highest BCUT2D eigenvalue weighted by molar-refractivity contribution is 7.10. The van der Waals surface area contributed by atoms with Gasteiger partial charge in [0.15, 0.2) is 0 Å². The van der Waals surface area contributed by atoms with Crippen molar-refractivity contribution in [3.05, 3.63) is 51.7 Å². The normalized spacial score (nSPS) is 14.0. The summed E-state index contributed by atoms with van der Waals surface area (Å²) in [5.74, 6) is 1.58. The van der Waals surface area contributed by atoms with Crippen molar-refractivity contribution in [2.75, 3.05) is 14.2 Å². The van der Waals surface area contributed by atoms with Crippen LogP contribution < -0.4 is 10.1 Å². The maximum atomic E-state index is 5.44. The van der Waals surface area contributed by atoms with Crippen LogP contribution in [0.4, 0.5) is 0 Å². The molecule has 0 aliphatic carbocycles. The van der Waals surface area contributed by atoms with E-state index >= 15 is 0 Å². The Kier molecular flexibility index (Phi) is 5.21. The molecule has 0 amide bonds. The number of hydrogen-bond acceptors (Lipinski definition) is 3. The van der Waals surface area contributed by atoms with Crippen molar-refractivity contribution in [1.29, 1.82) is 0 Å². The minimum Gasteiger partial charge on any atom is -0.496 e. The molecule has 2 nitrogen and oxygen atoms in total. The van der Waals surface area contributed by atoms with Crippen LogP contribution in [0.5, 0.6) is 5.75 Å². The summed E-state index contributed by atoms with van der Waals surface area (Å²) in [5.41, 5.74) is 2.68. The van der Waals surface area contributed by atoms with Gasteiger partial charge in [0.25, 0.3) is 0 Å². The lowest BCUT2D eigenvalue weighted by atomic mass is 9.95. The number of rotatable bonds is 6. The van der Waals surface area contributed by atoms with Gasteiger partial charge in [0.2, 0.25) is 0 Å². The predicted octanol–water partition coefficient (Wildman–Crippen LogP) is 4.58. The molecule has 0 saturated heterocycles. The van der Waals surface area contributed by atoms with E-state index in [0.717, 1.165) is 5.75 Å². The summed E-state index contributed by atoms with van der Waals surface area (Å²) >= 11 is 1.73. The largest absolute Gasteiger partial charge is 0.496 e. The Morgan fingerprint density at radius 3 is 2.35 bits per heavy atom. The van der Waals surface area contributed by atoms with E-state index in [1.165, 1.54) is 22.4 Å². The zero-order valence-electron chi connectivity index (χ0n) is 12.6. The highest BCUT2D eigenvalue weighted by Gasteiger charge is 2.18. The van der Waals surface area contributed by atoms with E-state index in [4.69, 9.17) is 4.74 Å². The summed E-state index contributed by atoms with van der Waals surface area (Å²) < 4.78 is 5.44. The molecule has 0 bridgehead atoms. The number of methoxy groups -OCH3 is 1. The lowest BCUT2D eigenvalue weighted by Crippen LogP contribution is -2.17. The summed E-state index contributed by atoms with van der Waals surface area (Å²) in [6.45, 7) is 4.50. The van der Waals surface area contributed by atoms with E-state index in [9.17, 15) is 0 Å². The number of hydrogen-bond donors (Lipinski definition) is 1. The van der Waals surface area contributed by atoms with Crippen LogP contribution in [0.1, 0.15) is 48.2 Å². The van der Waals surface area contributed by atoms with E-state index in [1.54, 1.807) is 18.4 Å². The lowest BCUT2D eigenvalue weighted by Gasteiger charge is -2.18. The fourth-order valence-electron chi connectivity index (χ4n) is 2.39. The Morgan fingerprint density at radius 1 is 1.15 bits per heavy atom. The van der Waals surface area contributed by atoms with Crippen LogP contribution in [0.3, 0.4) is 0 Å². The maximum absolute atomic E-state index is 5.44. The molecule has 0 spiro atoms. The highest BCUT2D eigenvalue weighted by Crippen LogP contribution is 2.35. The van der Waals surface area contributed by atoms with Gasteiger partial charge in [-0.3, -0.25) is 0 Å². The van der Waals surface area contributed by atoms with Crippen LogP contribution in [0.2, 0.25) is 0 Å². The Labute approximate surface area is 125 Å². The van der Waals surface area contributed by atoms with Crippen LogP contribution >= 0.6 is 11.3 Å². The third-order valence-electron chi connectivity index (χ3n) is 3.88. The third-order valence-corrected chi connectivity index (χ3v) is 4.84. The molecule has 2 unspecified atom stereocenters. The molecule has 0 radical (unpaired) electrons. The monoisotopic (exact) mass is 289 g/mol. The number of thiophene rings is 1. The first-order chi connectivity index (χ1) is 9.71. The summed E-state index contributed by atoms with van der Waals surface area (Å²) in [5, 5.41) is 5.46. The van der Waals surface area contributed by atoms with Gasteiger partial charge in [-0.15, -0.1) is 11.3 Å². The lowest BCUT2D eigenvalue weighted by molar-refractivity contribution is 0.408. The van der Waals surface area contributed by atoms with Gasteiger partial charge < -0.3 is 10.1 Å². The zero-order valence-corrected chi connectivity index (χ0v) is 13.5. The molecule has 1 aromatic heterocycles. The molecular formula is C17H23NOS. The molecule has 108 valence electrons. The standard InChI is InChI=1S/C17H23NOS/c1-5-12(2)13-6-8-14(9-7-13)16(18-3)17-15(19-4)10-11-20-17/h6-12,16,18H,5H2,1-4H3. The Balaban J connectivity index is 2.28. The molecule has 0 aliphatic rings.